The Labute approximate surface area is 111 Å². The molecule has 0 unspecified atom stereocenters. The van der Waals surface area contributed by atoms with Crippen molar-refractivity contribution in [1.29, 1.82) is 0 Å². The largest absolute Gasteiger partial charge is 0.359 e. The number of carbonyl (C=O) groups is 1. The number of halogens is 1. The number of nitrogens with zero attached hydrogens (tertiary/aromatic N) is 2. The molecule has 0 aliphatic heterocycles. The highest BCUT2D eigenvalue weighted by molar-refractivity contribution is 9.10. The van der Waals surface area contributed by atoms with Crippen LogP contribution in [-0.2, 0) is 4.79 Å². The van der Waals surface area contributed by atoms with Gasteiger partial charge in [-0.05, 0) is 40.9 Å². The number of aryl methyl sites for hydroxylation is 1. The molecule has 4 nitrogen and oxygen atoms in total. The SMILES string of the molecule is CC(=O)NCCCN(C)c1ncc(Br)cc1C. The van der Waals surface area contributed by atoms with Crippen LogP contribution >= 0.6 is 15.9 Å². The normalized spacial score (nSPS) is 10.1. The summed E-state index contributed by atoms with van der Waals surface area (Å²) in [5.74, 6) is 1.00. The number of nitrogens with one attached hydrogen (secondary N) is 1. The molecule has 0 fully saturated rings. The number of aromatic nitrogens is 1. The number of hydrogen-bond donors (Lipinski definition) is 1. The Hall–Kier alpha value is -1.10. The van der Waals surface area contributed by atoms with Crippen LogP contribution in [0.5, 0.6) is 0 Å². The molecule has 1 aromatic heterocycles. The molecule has 94 valence electrons. The number of amides is 1. The topological polar surface area (TPSA) is 45.2 Å². The lowest BCUT2D eigenvalue weighted by molar-refractivity contribution is -0.118. The molecule has 0 radical (unpaired) electrons. The molecular weight excluding hydrogens is 282 g/mol. The van der Waals surface area contributed by atoms with Crippen molar-refractivity contribution in [2.24, 2.45) is 0 Å². The smallest absolute Gasteiger partial charge is 0.216 e. The minimum absolute atomic E-state index is 0.0191. The fourth-order valence-corrected chi connectivity index (χ4v) is 2.07. The molecule has 0 aliphatic carbocycles. The Kier molecular flexibility index (Phi) is 5.41. The van der Waals surface area contributed by atoms with Gasteiger partial charge >= 0.3 is 0 Å². The van der Waals surface area contributed by atoms with Crippen LogP contribution in [-0.4, -0.2) is 31.0 Å². The lowest BCUT2D eigenvalue weighted by atomic mass is 10.2. The average molecular weight is 300 g/mol. The van der Waals surface area contributed by atoms with E-state index in [4.69, 9.17) is 0 Å². The van der Waals surface area contributed by atoms with Crippen molar-refractivity contribution < 1.29 is 4.79 Å². The van der Waals surface area contributed by atoms with E-state index in [1.807, 2.05) is 20.0 Å². The number of pyridine rings is 1. The van der Waals surface area contributed by atoms with Crippen molar-refractivity contribution >= 4 is 27.7 Å². The zero-order chi connectivity index (χ0) is 12.8. The molecule has 0 atom stereocenters. The van der Waals surface area contributed by atoms with E-state index in [9.17, 15) is 4.79 Å². The van der Waals surface area contributed by atoms with Crippen LogP contribution in [0.2, 0.25) is 0 Å². The highest BCUT2D eigenvalue weighted by Crippen LogP contribution is 2.19. The second-order valence-corrected chi connectivity index (χ2v) is 4.97. The third-order valence-electron chi connectivity index (χ3n) is 2.42. The zero-order valence-electron chi connectivity index (χ0n) is 10.5. The van der Waals surface area contributed by atoms with Crippen molar-refractivity contribution in [2.45, 2.75) is 20.3 Å². The van der Waals surface area contributed by atoms with E-state index in [-0.39, 0.29) is 5.91 Å². The van der Waals surface area contributed by atoms with Crippen molar-refractivity contribution in [3.8, 4) is 0 Å². The predicted molar refractivity (Wildman–Crippen MR) is 73.2 cm³/mol. The Balaban J connectivity index is 2.46. The maximum atomic E-state index is 10.7. The maximum Gasteiger partial charge on any atom is 0.216 e. The molecule has 5 heteroatoms. The summed E-state index contributed by atoms with van der Waals surface area (Å²) >= 11 is 3.40. The molecule has 0 aliphatic rings. The van der Waals surface area contributed by atoms with Gasteiger partial charge < -0.3 is 10.2 Å². The van der Waals surface area contributed by atoms with Crippen molar-refractivity contribution in [2.75, 3.05) is 25.0 Å². The van der Waals surface area contributed by atoms with Crippen LogP contribution in [0.4, 0.5) is 5.82 Å². The first-order valence-corrected chi connectivity index (χ1v) is 6.37. The van der Waals surface area contributed by atoms with Gasteiger partial charge in [-0.15, -0.1) is 0 Å². The number of hydrogen-bond acceptors (Lipinski definition) is 3. The summed E-state index contributed by atoms with van der Waals surface area (Å²) in [6, 6.07) is 2.05. The number of rotatable bonds is 5. The zero-order valence-corrected chi connectivity index (χ0v) is 12.0. The molecule has 0 saturated carbocycles. The molecule has 1 rings (SSSR count). The van der Waals surface area contributed by atoms with Gasteiger partial charge in [0.05, 0.1) is 0 Å². The van der Waals surface area contributed by atoms with Gasteiger partial charge in [-0.2, -0.15) is 0 Å². The fraction of sp³-hybridized carbons (Fsp3) is 0.500. The third-order valence-corrected chi connectivity index (χ3v) is 2.86. The van der Waals surface area contributed by atoms with Crippen LogP contribution in [0.1, 0.15) is 18.9 Å². The predicted octanol–water partition coefficient (Wildman–Crippen LogP) is 2.11. The van der Waals surface area contributed by atoms with Crippen LogP contribution in [0.3, 0.4) is 0 Å². The van der Waals surface area contributed by atoms with E-state index >= 15 is 0 Å². The summed E-state index contributed by atoms with van der Waals surface area (Å²) in [5, 5.41) is 2.78. The Bertz CT molecular complexity index is 395. The van der Waals surface area contributed by atoms with E-state index in [1.165, 1.54) is 6.92 Å². The molecule has 0 saturated heterocycles. The monoisotopic (exact) mass is 299 g/mol. The molecule has 0 aromatic carbocycles. The number of anilines is 1. The van der Waals surface area contributed by atoms with Crippen LogP contribution in [0.15, 0.2) is 16.7 Å². The second-order valence-electron chi connectivity index (χ2n) is 4.05. The molecule has 0 spiro atoms. The summed E-state index contributed by atoms with van der Waals surface area (Å²) < 4.78 is 0.991. The van der Waals surface area contributed by atoms with Crippen molar-refractivity contribution in [3.63, 3.8) is 0 Å². The van der Waals surface area contributed by atoms with E-state index in [1.54, 1.807) is 6.20 Å². The molecule has 1 heterocycles. The first kappa shape index (κ1) is 14.0. The van der Waals surface area contributed by atoms with Gasteiger partial charge in [-0.3, -0.25) is 4.79 Å². The highest BCUT2D eigenvalue weighted by atomic mass is 79.9. The summed E-state index contributed by atoms with van der Waals surface area (Å²) in [5.41, 5.74) is 1.14. The Morgan fingerprint density at radius 3 is 2.88 bits per heavy atom. The summed E-state index contributed by atoms with van der Waals surface area (Å²) in [4.78, 5) is 17.2. The summed E-state index contributed by atoms with van der Waals surface area (Å²) in [6.07, 6.45) is 2.71. The van der Waals surface area contributed by atoms with Gasteiger partial charge in [0.1, 0.15) is 5.82 Å². The molecular formula is C12H18BrN3O. The summed E-state index contributed by atoms with van der Waals surface area (Å²) in [7, 11) is 2.01. The van der Waals surface area contributed by atoms with Crippen LogP contribution in [0, 0.1) is 6.92 Å². The van der Waals surface area contributed by atoms with E-state index in [2.05, 4.69) is 31.1 Å². The lowest BCUT2D eigenvalue weighted by Crippen LogP contribution is -2.27. The third kappa shape index (κ3) is 4.73. The van der Waals surface area contributed by atoms with Crippen molar-refractivity contribution in [3.05, 3.63) is 22.3 Å². The van der Waals surface area contributed by atoms with Crippen LogP contribution < -0.4 is 10.2 Å². The first-order valence-electron chi connectivity index (χ1n) is 5.58. The number of carbonyl (C=O) groups excluding carboxylic acids is 1. The van der Waals surface area contributed by atoms with Gasteiger partial charge in [-0.1, -0.05) is 0 Å². The highest BCUT2D eigenvalue weighted by Gasteiger charge is 2.06. The first-order chi connectivity index (χ1) is 8.00. The molecule has 17 heavy (non-hydrogen) atoms. The maximum absolute atomic E-state index is 10.7. The van der Waals surface area contributed by atoms with Gasteiger partial charge in [0.2, 0.25) is 5.91 Å². The summed E-state index contributed by atoms with van der Waals surface area (Å²) in [6.45, 7) is 5.15. The minimum Gasteiger partial charge on any atom is -0.359 e. The van der Waals surface area contributed by atoms with Gasteiger partial charge in [-0.25, -0.2) is 4.98 Å². The van der Waals surface area contributed by atoms with Gasteiger partial charge in [0.25, 0.3) is 0 Å². The van der Waals surface area contributed by atoms with Crippen molar-refractivity contribution in [1.82, 2.24) is 10.3 Å². The Morgan fingerprint density at radius 1 is 1.59 bits per heavy atom. The average Bonchev–Trinajstić information content (AvgIpc) is 2.23. The van der Waals surface area contributed by atoms with Gasteiger partial charge in [0, 0.05) is 37.7 Å². The quantitative estimate of drug-likeness (QED) is 0.847. The molecule has 1 N–H and O–H groups in total. The second kappa shape index (κ2) is 6.59. The Morgan fingerprint density at radius 2 is 2.29 bits per heavy atom. The van der Waals surface area contributed by atoms with E-state index in [0.29, 0.717) is 6.54 Å². The lowest BCUT2D eigenvalue weighted by Gasteiger charge is -2.20. The van der Waals surface area contributed by atoms with E-state index in [0.717, 1.165) is 28.8 Å². The fourth-order valence-electron chi connectivity index (χ4n) is 1.62. The van der Waals surface area contributed by atoms with Crippen LogP contribution in [0.25, 0.3) is 0 Å². The molecule has 1 amide bonds. The minimum atomic E-state index is 0.0191. The van der Waals surface area contributed by atoms with E-state index < -0.39 is 0 Å². The van der Waals surface area contributed by atoms with Gasteiger partial charge in [0.15, 0.2) is 0 Å². The molecule has 1 aromatic rings. The standard InChI is InChI=1S/C12H18BrN3O/c1-9-7-11(13)8-15-12(9)16(3)6-4-5-14-10(2)17/h7-8H,4-6H2,1-3H3,(H,14,17). The molecule has 0 bridgehead atoms.